The number of nitrogens with one attached hydrogen (secondary N) is 1. The fourth-order valence-electron chi connectivity index (χ4n) is 3.40. The van der Waals surface area contributed by atoms with Gasteiger partial charge in [-0.1, -0.05) is 12.1 Å². The highest BCUT2D eigenvalue weighted by atomic mass is 19.1. The Kier molecular flexibility index (Phi) is 5.48. The topological polar surface area (TPSA) is 50.2 Å². The third-order valence-electron chi connectivity index (χ3n) is 4.90. The molecular formula is C19H25FN4O. The lowest BCUT2D eigenvalue weighted by Gasteiger charge is -2.31. The highest BCUT2D eigenvalue weighted by Crippen LogP contribution is 2.27. The van der Waals surface area contributed by atoms with E-state index in [-0.39, 0.29) is 17.8 Å². The number of likely N-dealkylation sites (tertiary alicyclic amines) is 1. The summed E-state index contributed by atoms with van der Waals surface area (Å²) in [5, 5.41) is 7.23. The molecule has 0 aliphatic carbocycles. The van der Waals surface area contributed by atoms with Gasteiger partial charge in [0.25, 0.3) is 0 Å². The van der Waals surface area contributed by atoms with E-state index >= 15 is 0 Å². The summed E-state index contributed by atoms with van der Waals surface area (Å²) in [5.74, 6) is 0.279. The first-order chi connectivity index (χ1) is 12.0. The van der Waals surface area contributed by atoms with E-state index in [1.165, 1.54) is 17.7 Å². The van der Waals surface area contributed by atoms with Crippen LogP contribution in [0.2, 0.25) is 0 Å². The fraction of sp³-hybridized carbons (Fsp3) is 0.474. The normalized spacial score (nSPS) is 17.4. The monoisotopic (exact) mass is 344 g/mol. The molecule has 1 fully saturated rings. The minimum atomic E-state index is -0.265. The molecule has 1 aliphatic rings. The van der Waals surface area contributed by atoms with Gasteiger partial charge in [-0.05, 0) is 62.0 Å². The molecule has 2 heterocycles. The molecule has 25 heavy (non-hydrogen) atoms. The number of carbonyl (C=O) groups excluding carboxylic acids is 1. The van der Waals surface area contributed by atoms with Crippen LogP contribution in [0.3, 0.4) is 0 Å². The number of aryl methyl sites for hydroxylation is 1. The van der Waals surface area contributed by atoms with E-state index in [2.05, 4.69) is 21.5 Å². The van der Waals surface area contributed by atoms with E-state index in [0.717, 1.165) is 31.5 Å². The molecule has 1 aromatic carbocycles. The van der Waals surface area contributed by atoms with Gasteiger partial charge < -0.3 is 5.32 Å². The van der Waals surface area contributed by atoms with E-state index in [1.807, 2.05) is 24.9 Å². The van der Waals surface area contributed by atoms with Crippen molar-refractivity contribution in [1.82, 2.24) is 20.0 Å². The highest BCUT2D eigenvalue weighted by Gasteiger charge is 2.23. The number of hydrogen-bond donors (Lipinski definition) is 1. The predicted octanol–water partition coefficient (Wildman–Crippen LogP) is 2.62. The standard InChI is InChI=1S/C19H25FN4O/c1-14(15-3-5-18(20)6-4-15)22-19(25)13-24-9-7-16(8-10-24)17-11-21-23(2)12-17/h3-6,11-12,14,16H,7-10,13H2,1-2H3,(H,22,25)/t14-/m1/s1. The van der Waals surface area contributed by atoms with Crippen LogP contribution in [0, 0.1) is 5.82 Å². The molecular weight excluding hydrogens is 319 g/mol. The number of hydrogen-bond acceptors (Lipinski definition) is 3. The molecule has 134 valence electrons. The summed E-state index contributed by atoms with van der Waals surface area (Å²) in [7, 11) is 1.94. The molecule has 1 atom stereocenters. The van der Waals surface area contributed by atoms with Gasteiger partial charge in [-0.15, -0.1) is 0 Å². The van der Waals surface area contributed by atoms with Crippen LogP contribution in [-0.4, -0.2) is 40.2 Å². The van der Waals surface area contributed by atoms with Crippen LogP contribution >= 0.6 is 0 Å². The van der Waals surface area contributed by atoms with Crippen molar-refractivity contribution in [1.29, 1.82) is 0 Å². The smallest absolute Gasteiger partial charge is 0.234 e. The van der Waals surface area contributed by atoms with Gasteiger partial charge in [-0.25, -0.2) is 4.39 Å². The lowest BCUT2D eigenvalue weighted by atomic mass is 9.91. The van der Waals surface area contributed by atoms with Gasteiger partial charge in [-0.2, -0.15) is 5.10 Å². The first kappa shape index (κ1) is 17.6. The van der Waals surface area contributed by atoms with Crippen LogP contribution in [0.1, 0.15) is 42.9 Å². The number of nitrogens with zero attached hydrogens (tertiary/aromatic N) is 3. The van der Waals surface area contributed by atoms with Crippen LogP contribution in [-0.2, 0) is 11.8 Å². The Morgan fingerprint density at radius 3 is 2.60 bits per heavy atom. The Labute approximate surface area is 147 Å². The Hall–Kier alpha value is -2.21. The summed E-state index contributed by atoms with van der Waals surface area (Å²) >= 11 is 0. The Morgan fingerprint density at radius 2 is 2.00 bits per heavy atom. The van der Waals surface area contributed by atoms with Crippen molar-refractivity contribution in [3.63, 3.8) is 0 Å². The maximum Gasteiger partial charge on any atom is 0.234 e. The maximum atomic E-state index is 13.0. The number of benzene rings is 1. The number of piperidine rings is 1. The highest BCUT2D eigenvalue weighted by molar-refractivity contribution is 5.78. The number of carbonyl (C=O) groups is 1. The second kappa shape index (κ2) is 7.78. The Bertz CT molecular complexity index is 704. The van der Waals surface area contributed by atoms with Crippen molar-refractivity contribution >= 4 is 5.91 Å². The second-order valence-corrected chi connectivity index (χ2v) is 6.84. The van der Waals surface area contributed by atoms with Crippen molar-refractivity contribution in [2.45, 2.75) is 31.7 Å². The van der Waals surface area contributed by atoms with Crippen LogP contribution in [0.5, 0.6) is 0 Å². The summed E-state index contributed by atoms with van der Waals surface area (Å²) in [6, 6.07) is 6.13. The van der Waals surface area contributed by atoms with Crippen molar-refractivity contribution in [3.05, 3.63) is 53.6 Å². The molecule has 1 aromatic heterocycles. The molecule has 6 heteroatoms. The quantitative estimate of drug-likeness (QED) is 0.907. The summed E-state index contributed by atoms with van der Waals surface area (Å²) < 4.78 is 14.8. The molecule has 0 saturated carbocycles. The molecule has 1 aliphatic heterocycles. The van der Waals surface area contributed by atoms with Gasteiger partial charge in [-0.3, -0.25) is 14.4 Å². The van der Waals surface area contributed by atoms with E-state index in [1.54, 1.807) is 12.1 Å². The average Bonchev–Trinajstić information content (AvgIpc) is 3.02. The minimum absolute atomic E-state index is 0.0108. The van der Waals surface area contributed by atoms with Crippen LogP contribution in [0.4, 0.5) is 4.39 Å². The van der Waals surface area contributed by atoms with Gasteiger partial charge >= 0.3 is 0 Å². The number of halogens is 1. The molecule has 0 radical (unpaired) electrons. The first-order valence-electron chi connectivity index (χ1n) is 8.77. The van der Waals surface area contributed by atoms with Crippen molar-refractivity contribution < 1.29 is 9.18 Å². The largest absolute Gasteiger partial charge is 0.348 e. The molecule has 5 nitrogen and oxygen atoms in total. The zero-order valence-electron chi connectivity index (χ0n) is 14.8. The maximum absolute atomic E-state index is 13.0. The van der Waals surface area contributed by atoms with E-state index < -0.39 is 0 Å². The van der Waals surface area contributed by atoms with Gasteiger partial charge in [0.1, 0.15) is 5.82 Å². The first-order valence-corrected chi connectivity index (χ1v) is 8.77. The van der Waals surface area contributed by atoms with E-state index in [0.29, 0.717) is 12.5 Å². The summed E-state index contributed by atoms with van der Waals surface area (Å²) in [4.78, 5) is 14.5. The predicted molar refractivity (Wildman–Crippen MR) is 94.6 cm³/mol. The number of rotatable bonds is 5. The van der Waals surface area contributed by atoms with E-state index in [9.17, 15) is 9.18 Å². The van der Waals surface area contributed by atoms with Crippen LogP contribution in [0.25, 0.3) is 0 Å². The molecule has 2 aromatic rings. The Balaban J connectivity index is 1.45. The van der Waals surface area contributed by atoms with Gasteiger partial charge in [0.15, 0.2) is 0 Å². The van der Waals surface area contributed by atoms with Crippen LogP contribution in [0.15, 0.2) is 36.7 Å². The zero-order chi connectivity index (χ0) is 17.8. The van der Waals surface area contributed by atoms with Gasteiger partial charge in [0.05, 0.1) is 18.8 Å². The average molecular weight is 344 g/mol. The molecule has 1 saturated heterocycles. The van der Waals surface area contributed by atoms with Crippen molar-refractivity contribution in [2.75, 3.05) is 19.6 Å². The molecule has 0 bridgehead atoms. The van der Waals surface area contributed by atoms with Gasteiger partial charge in [0, 0.05) is 13.2 Å². The third kappa shape index (κ3) is 4.66. The lowest BCUT2D eigenvalue weighted by Crippen LogP contribution is -2.41. The zero-order valence-corrected chi connectivity index (χ0v) is 14.8. The number of amides is 1. The third-order valence-corrected chi connectivity index (χ3v) is 4.90. The molecule has 3 rings (SSSR count). The Morgan fingerprint density at radius 1 is 1.32 bits per heavy atom. The fourth-order valence-corrected chi connectivity index (χ4v) is 3.40. The molecule has 0 unspecified atom stereocenters. The van der Waals surface area contributed by atoms with Crippen molar-refractivity contribution in [2.24, 2.45) is 7.05 Å². The lowest BCUT2D eigenvalue weighted by molar-refractivity contribution is -0.123. The molecule has 0 spiro atoms. The summed E-state index contributed by atoms with van der Waals surface area (Å²) in [6.07, 6.45) is 6.12. The number of aromatic nitrogens is 2. The van der Waals surface area contributed by atoms with Crippen LogP contribution < -0.4 is 5.32 Å². The van der Waals surface area contributed by atoms with Gasteiger partial charge in [0.2, 0.25) is 5.91 Å². The molecule has 1 amide bonds. The summed E-state index contributed by atoms with van der Waals surface area (Å²) in [5.41, 5.74) is 2.20. The summed E-state index contributed by atoms with van der Waals surface area (Å²) in [6.45, 7) is 4.15. The second-order valence-electron chi connectivity index (χ2n) is 6.84. The SMILES string of the molecule is C[C@@H](NC(=O)CN1CCC(c2cnn(C)c2)CC1)c1ccc(F)cc1. The van der Waals surface area contributed by atoms with E-state index in [4.69, 9.17) is 0 Å². The minimum Gasteiger partial charge on any atom is -0.348 e. The van der Waals surface area contributed by atoms with Crippen molar-refractivity contribution in [3.8, 4) is 0 Å². The molecule has 1 N–H and O–H groups in total.